The first-order valence-electron chi connectivity index (χ1n) is 28.0. The Kier molecular flexibility index (Phi) is 18.5. The number of carbonyl (C=O) groups is 5. The first-order valence-corrected chi connectivity index (χ1v) is 30.4. The fraction of sp³-hybridized carbons (Fsp3) is 0.475. The van der Waals surface area contributed by atoms with Crippen LogP contribution in [-0.2, 0) is 30.1 Å². The number of ether oxygens (including phenoxy) is 7. The van der Waals surface area contributed by atoms with E-state index in [1.165, 1.54) is 54.0 Å². The molecular formula is C59H69N7O17S2. The van der Waals surface area contributed by atoms with Crippen molar-refractivity contribution in [2.24, 2.45) is 10.9 Å². The minimum absolute atomic E-state index is 0.0264. The molecule has 1 saturated heterocycles. The molecule has 2 aliphatic heterocycles. The summed E-state index contributed by atoms with van der Waals surface area (Å²) in [6, 6.07) is 14.5. The Hall–Kier alpha value is -7.17. The number of methoxy groups -OCH3 is 2. The molecule has 454 valence electrons. The number of pyridine rings is 1. The Balaban J connectivity index is 0.731. The van der Waals surface area contributed by atoms with E-state index in [0.717, 1.165) is 11.1 Å². The van der Waals surface area contributed by atoms with Crippen molar-refractivity contribution < 1.29 is 82.0 Å². The van der Waals surface area contributed by atoms with Gasteiger partial charge in [-0.2, -0.15) is 0 Å². The zero-order valence-electron chi connectivity index (χ0n) is 47.8. The number of carbonyl (C=O) groups excluding carboxylic acids is 5. The summed E-state index contributed by atoms with van der Waals surface area (Å²) in [7, 11) is 5.55. The summed E-state index contributed by atoms with van der Waals surface area (Å²) in [5, 5.41) is 60.0. The van der Waals surface area contributed by atoms with Crippen molar-refractivity contribution in [3.8, 4) is 23.0 Å². The van der Waals surface area contributed by atoms with Gasteiger partial charge in [-0.15, -0.1) is 0 Å². The summed E-state index contributed by atoms with van der Waals surface area (Å²) >= 11 is 0. The minimum atomic E-state index is -1.70. The van der Waals surface area contributed by atoms with Gasteiger partial charge in [-0.1, -0.05) is 52.8 Å². The number of aromatic hydroxyl groups is 2. The lowest BCUT2D eigenvalue weighted by Gasteiger charge is -2.46. The molecule has 3 aromatic carbocycles. The summed E-state index contributed by atoms with van der Waals surface area (Å²) in [6.45, 7) is 9.26. The maximum absolute atomic E-state index is 14.3. The fourth-order valence-corrected chi connectivity index (χ4v) is 13.3. The molecule has 8 N–H and O–H groups in total. The maximum atomic E-state index is 14.3. The number of aliphatic hydroxyl groups is 2. The number of furan rings is 1. The molecule has 24 nitrogen and oxygen atoms in total. The van der Waals surface area contributed by atoms with Gasteiger partial charge in [-0.05, 0) is 69.9 Å². The number of amides is 3. The molecule has 85 heavy (non-hydrogen) atoms. The molecule has 3 amide bonds. The second-order valence-electron chi connectivity index (χ2n) is 22.3. The van der Waals surface area contributed by atoms with Gasteiger partial charge < -0.3 is 79.3 Å². The van der Waals surface area contributed by atoms with Crippen molar-refractivity contribution in [2.45, 2.75) is 101 Å². The molecule has 4 heterocycles. The van der Waals surface area contributed by atoms with Crippen LogP contribution in [0.25, 0.3) is 11.1 Å². The van der Waals surface area contributed by atoms with Gasteiger partial charge in [0.2, 0.25) is 11.5 Å². The normalized spacial score (nSPS) is 23.2. The Morgan fingerprint density at radius 1 is 0.918 bits per heavy atom. The average molecular weight is 1210 g/mol. The van der Waals surface area contributed by atoms with Gasteiger partial charge in [0.25, 0.3) is 0 Å². The lowest BCUT2D eigenvalue weighted by Crippen LogP contribution is -2.54. The van der Waals surface area contributed by atoms with Gasteiger partial charge in [0.05, 0.1) is 72.4 Å². The van der Waals surface area contributed by atoms with Crippen LogP contribution < -0.4 is 30.7 Å². The number of alkyl carbamates (subject to hydrolysis) is 2. The number of aliphatic hydroxyl groups excluding tert-OH is 2. The maximum Gasteiger partial charge on any atom is 0.412 e. The van der Waals surface area contributed by atoms with E-state index in [4.69, 9.17) is 42.6 Å². The standard InChI is InChI=1S/C59H69N7O17S2/c1-30-24-33(26-37(46(30)68)63-57(75)83-58(2,3)4)80-39-28-59(77-6,27-36-42(39)50(72)44-43(48(36)70)47(69)34-12-8-14-38(76-5)41(34)49(44)71)40(67)29-79-55(73)61-16-22-84-85-23-17-62-56(74)81-32-11-7-10-31(25-32)52-64-45-35-13-9-15-60-54(35)82-51(45)53(65-52)66-18-20-78-21-19-66/h7-15,25,30,33,37,39-40,46,53,67-68,70,72H,16-24,26-29H2,1-6H3,(H,61,73)(H,62,74)(H,63,75)(H,64,65). The van der Waals surface area contributed by atoms with Crippen molar-refractivity contribution in [1.29, 1.82) is 0 Å². The monoisotopic (exact) mass is 1210 g/mol. The summed E-state index contributed by atoms with van der Waals surface area (Å²) < 4.78 is 46.7. The van der Waals surface area contributed by atoms with Crippen LogP contribution >= 0.6 is 21.6 Å². The SMILES string of the molecule is COc1cccc2c1C(=O)c1c(O)c3c(c(O)c1C2=O)CC(OC)(C(O)COC(=O)NCCSSCCNC(=O)Oc1cccc(C2=NC(N4CCOCC4)c4oc5ncccc5c4N2)c1)CC3OC1CC(C)C(O)C(NC(=O)OC(C)(C)C)C1. The average Bonchev–Trinajstić information content (AvgIpc) is 1.29. The highest BCUT2D eigenvalue weighted by molar-refractivity contribution is 8.76. The third-order valence-corrected chi connectivity index (χ3v) is 18.0. The first kappa shape index (κ1) is 60.9. The molecule has 2 fully saturated rings. The van der Waals surface area contributed by atoms with Gasteiger partial charge in [-0.3, -0.25) is 14.5 Å². The second kappa shape index (κ2) is 25.8. The fourth-order valence-electron chi connectivity index (χ4n) is 11.5. The van der Waals surface area contributed by atoms with E-state index in [2.05, 4.69) is 31.2 Å². The van der Waals surface area contributed by atoms with Crippen LogP contribution in [0.3, 0.4) is 0 Å². The molecule has 3 aliphatic carbocycles. The van der Waals surface area contributed by atoms with Crippen molar-refractivity contribution >= 4 is 74.1 Å². The van der Waals surface area contributed by atoms with Crippen molar-refractivity contribution in [1.82, 2.24) is 25.8 Å². The minimum Gasteiger partial charge on any atom is -0.507 e. The quantitative estimate of drug-likeness (QED) is 0.0246. The molecule has 5 aliphatic rings. The van der Waals surface area contributed by atoms with Gasteiger partial charge in [0.1, 0.15) is 52.7 Å². The Morgan fingerprint density at radius 3 is 2.38 bits per heavy atom. The van der Waals surface area contributed by atoms with Crippen molar-refractivity contribution in [2.75, 3.05) is 77.0 Å². The molecule has 5 aromatic rings. The number of phenols is 2. The van der Waals surface area contributed by atoms with E-state index in [9.17, 15) is 44.4 Å². The predicted molar refractivity (Wildman–Crippen MR) is 313 cm³/mol. The van der Waals surface area contributed by atoms with Crippen LogP contribution in [-0.4, -0.2) is 173 Å². The Labute approximate surface area is 497 Å². The summed E-state index contributed by atoms with van der Waals surface area (Å²) in [5.74, 6) is -0.591. The number of amidine groups is 1. The topological polar surface area (TPSA) is 321 Å². The van der Waals surface area contributed by atoms with Crippen molar-refractivity contribution in [3.05, 3.63) is 105 Å². The molecule has 1 saturated carbocycles. The van der Waals surface area contributed by atoms with E-state index < -0.39 is 113 Å². The second-order valence-corrected chi connectivity index (χ2v) is 25.0. The number of morpholine rings is 1. The summed E-state index contributed by atoms with van der Waals surface area (Å²) in [6.07, 6.45) is -5.76. The number of hydrogen-bond donors (Lipinski definition) is 8. The number of benzene rings is 3. The van der Waals surface area contributed by atoms with Crippen LogP contribution in [0, 0.1) is 5.92 Å². The summed E-state index contributed by atoms with van der Waals surface area (Å²) in [5.41, 5.74) is -1.66. The van der Waals surface area contributed by atoms with Crippen LogP contribution in [0.4, 0.5) is 20.1 Å². The molecular weight excluding hydrogens is 1140 g/mol. The zero-order valence-corrected chi connectivity index (χ0v) is 49.4. The largest absolute Gasteiger partial charge is 0.507 e. The zero-order chi connectivity index (χ0) is 60.3. The predicted octanol–water partition coefficient (Wildman–Crippen LogP) is 6.93. The number of nitrogens with one attached hydrogen (secondary N) is 4. The number of hydrogen-bond acceptors (Lipinski definition) is 23. The van der Waals surface area contributed by atoms with E-state index >= 15 is 0 Å². The molecule has 0 bridgehead atoms. The van der Waals surface area contributed by atoms with Crippen LogP contribution in [0.1, 0.15) is 114 Å². The Morgan fingerprint density at radius 2 is 1.65 bits per heavy atom. The van der Waals surface area contributed by atoms with E-state index in [0.29, 0.717) is 66.4 Å². The number of anilines is 1. The third kappa shape index (κ3) is 13.0. The van der Waals surface area contributed by atoms with Gasteiger partial charge >= 0.3 is 18.3 Å². The molecule has 8 unspecified atom stereocenters. The number of rotatable bonds is 18. The Bertz CT molecular complexity index is 3390. The highest BCUT2D eigenvalue weighted by Crippen LogP contribution is 2.54. The molecule has 8 atom stereocenters. The van der Waals surface area contributed by atoms with Gasteiger partial charge in [0.15, 0.2) is 17.7 Å². The highest BCUT2D eigenvalue weighted by atomic mass is 33.1. The number of nitrogens with zero attached hydrogens (tertiary/aromatic N) is 3. The number of phenolic OH excluding ortho intramolecular Hbond substituents is 2. The lowest BCUT2D eigenvalue weighted by molar-refractivity contribution is -0.164. The molecule has 0 radical (unpaired) electrons. The number of aliphatic imine (C=N–C) groups is 1. The number of ketones is 2. The molecule has 26 heteroatoms. The van der Waals surface area contributed by atoms with Gasteiger partial charge in [0, 0.05) is 86.1 Å². The first-order chi connectivity index (χ1) is 40.8. The van der Waals surface area contributed by atoms with E-state index in [-0.39, 0.29) is 66.8 Å². The number of fused-ring (bicyclic) bond motifs is 6. The van der Waals surface area contributed by atoms with Crippen molar-refractivity contribution in [3.63, 3.8) is 0 Å². The smallest absolute Gasteiger partial charge is 0.412 e. The number of aromatic nitrogens is 1. The van der Waals surface area contributed by atoms with Crippen LogP contribution in [0.2, 0.25) is 0 Å². The third-order valence-electron chi connectivity index (χ3n) is 15.6. The van der Waals surface area contributed by atoms with Crippen LogP contribution in [0.15, 0.2) is 70.2 Å². The van der Waals surface area contributed by atoms with Gasteiger partial charge in [-0.25, -0.2) is 24.4 Å². The van der Waals surface area contributed by atoms with Crippen LogP contribution in [0.5, 0.6) is 23.0 Å². The highest BCUT2D eigenvalue weighted by Gasteiger charge is 2.52. The molecule has 2 aromatic heterocycles. The molecule has 0 spiro atoms. The molecule has 10 rings (SSSR count). The van der Waals surface area contributed by atoms with E-state index in [1.54, 1.807) is 52.1 Å². The lowest BCUT2D eigenvalue weighted by atomic mass is 9.71. The summed E-state index contributed by atoms with van der Waals surface area (Å²) in [4.78, 5) is 79.1. The van der Waals surface area contributed by atoms with E-state index in [1.807, 2.05) is 18.2 Å².